The summed E-state index contributed by atoms with van der Waals surface area (Å²) in [5, 5.41) is 7.55. The van der Waals surface area contributed by atoms with Crippen LogP contribution in [-0.2, 0) is 13.1 Å². The maximum atomic E-state index is 12.3. The molecule has 0 radical (unpaired) electrons. The Hall–Kier alpha value is -3.15. The summed E-state index contributed by atoms with van der Waals surface area (Å²) in [5.74, 6) is 0.310. The first-order valence-corrected chi connectivity index (χ1v) is 8.43. The number of aromatic nitrogens is 3. The fourth-order valence-corrected chi connectivity index (χ4v) is 2.81. The highest BCUT2D eigenvalue weighted by Gasteiger charge is 2.14. The van der Waals surface area contributed by atoms with Gasteiger partial charge in [0, 0.05) is 30.1 Å². The Labute approximate surface area is 152 Å². The lowest BCUT2D eigenvalue weighted by Crippen LogP contribution is -2.23. The largest absolute Gasteiger partial charge is 0.481 e. The van der Waals surface area contributed by atoms with Gasteiger partial charge in [0.25, 0.3) is 5.91 Å². The van der Waals surface area contributed by atoms with Crippen molar-refractivity contribution in [2.45, 2.75) is 26.9 Å². The third-order valence-corrected chi connectivity index (χ3v) is 4.34. The maximum absolute atomic E-state index is 12.3. The van der Waals surface area contributed by atoms with Crippen molar-refractivity contribution < 1.29 is 9.53 Å². The number of nitrogens with one attached hydrogen (secondary N) is 1. The second-order valence-electron chi connectivity index (χ2n) is 6.06. The third-order valence-electron chi connectivity index (χ3n) is 4.34. The Balaban J connectivity index is 1.68. The molecule has 0 saturated heterocycles. The van der Waals surface area contributed by atoms with Gasteiger partial charge in [-0.1, -0.05) is 30.3 Å². The van der Waals surface area contributed by atoms with Crippen molar-refractivity contribution in [2.24, 2.45) is 0 Å². The number of hydrogen-bond donors (Lipinski definition) is 1. The molecule has 0 fully saturated rings. The van der Waals surface area contributed by atoms with E-state index in [9.17, 15) is 4.79 Å². The van der Waals surface area contributed by atoms with Gasteiger partial charge in [-0.2, -0.15) is 5.10 Å². The van der Waals surface area contributed by atoms with E-state index in [2.05, 4.69) is 27.5 Å². The molecule has 6 nitrogen and oxygen atoms in total. The first-order chi connectivity index (χ1) is 12.6. The zero-order valence-corrected chi connectivity index (χ0v) is 15.2. The van der Waals surface area contributed by atoms with Crippen LogP contribution in [0.1, 0.15) is 32.9 Å². The molecule has 0 saturated carbocycles. The van der Waals surface area contributed by atoms with Gasteiger partial charge in [0.05, 0.1) is 24.9 Å². The summed E-state index contributed by atoms with van der Waals surface area (Å²) in [6, 6.07) is 13.6. The quantitative estimate of drug-likeness (QED) is 0.742. The lowest BCUT2D eigenvalue weighted by atomic mass is 10.2. The van der Waals surface area contributed by atoms with Crippen LogP contribution >= 0.6 is 0 Å². The number of hydrogen-bond acceptors (Lipinski definition) is 4. The molecule has 0 aliphatic rings. The minimum absolute atomic E-state index is 0.172. The van der Waals surface area contributed by atoms with Gasteiger partial charge < -0.3 is 10.1 Å². The van der Waals surface area contributed by atoms with Gasteiger partial charge in [0.15, 0.2) is 0 Å². The predicted octanol–water partition coefficient (Wildman–Crippen LogP) is 2.88. The van der Waals surface area contributed by atoms with Crippen molar-refractivity contribution in [3.63, 3.8) is 0 Å². The normalized spacial score (nSPS) is 10.6. The molecule has 134 valence electrons. The maximum Gasteiger partial charge on any atom is 0.253 e. The monoisotopic (exact) mass is 350 g/mol. The number of pyridine rings is 1. The van der Waals surface area contributed by atoms with Gasteiger partial charge in [-0.25, -0.2) is 4.98 Å². The van der Waals surface area contributed by atoms with E-state index in [-0.39, 0.29) is 5.91 Å². The van der Waals surface area contributed by atoms with Crippen LogP contribution in [-0.4, -0.2) is 27.8 Å². The minimum Gasteiger partial charge on any atom is -0.481 e. The van der Waals surface area contributed by atoms with Crippen LogP contribution in [0.3, 0.4) is 0 Å². The molecule has 1 N–H and O–H groups in total. The van der Waals surface area contributed by atoms with Crippen molar-refractivity contribution >= 4 is 5.91 Å². The minimum atomic E-state index is -0.172. The van der Waals surface area contributed by atoms with Gasteiger partial charge in [-0.3, -0.25) is 9.48 Å². The first kappa shape index (κ1) is 17.7. The molecule has 3 aromatic rings. The molecule has 0 bridgehead atoms. The van der Waals surface area contributed by atoms with E-state index >= 15 is 0 Å². The number of carbonyl (C=O) groups is 1. The second kappa shape index (κ2) is 7.82. The summed E-state index contributed by atoms with van der Waals surface area (Å²) < 4.78 is 6.98. The zero-order valence-electron chi connectivity index (χ0n) is 15.2. The summed E-state index contributed by atoms with van der Waals surface area (Å²) in [6.45, 7) is 5.13. The molecule has 6 heteroatoms. The number of nitrogens with zero attached hydrogens (tertiary/aromatic N) is 3. The van der Waals surface area contributed by atoms with Crippen LogP contribution in [0.25, 0.3) is 0 Å². The van der Waals surface area contributed by atoms with Crippen LogP contribution in [0.15, 0.2) is 48.7 Å². The van der Waals surface area contributed by atoms with Crippen LogP contribution in [0.5, 0.6) is 5.88 Å². The Morgan fingerprint density at radius 2 is 1.92 bits per heavy atom. The van der Waals surface area contributed by atoms with E-state index in [1.807, 2.05) is 36.7 Å². The number of benzene rings is 1. The van der Waals surface area contributed by atoms with Crippen LogP contribution in [0.4, 0.5) is 0 Å². The van der Waals surface area contributed by atoms with E-state index in [1.54, 1.807) is 19.2 Å². The molecule has 0 unspecified atom stereocenters. The zero-order chi connectivity index (χ0) is 18.5. The predicted molar refractivity (Wildman–Crippen MR) is 99.2 cm³/mol. The smallest absolute Gasteiger partial charge is 0.253 e. The summed E-state index contributed by atoms with van der Waals surface area (Å²) in [6.07, 6.45) is 1.51. The van der Waals surface area contributed by atoms with E-state index in [1.165, 1.54) is 11.8 Å². The van der Waals surface area contributed by atoms with E-state index in [0.717, 1.165) is 17.0 Å². The lowest BCUT2D eigenvalue weighted by molar-refractivity contribution is 0.0950. The summed E-state index contributed by atoms with van der Waals surface area (Å²) >= 11 is 0. The van der Waals surface area contributed by atoms with Crippen molar-refractivity contribution in [3.05, 3.63) is 76.7 Å². The fourth-order valence-electron chi connectivity index (χ4n) is 2.81. The third kappa shape index (κ3) is 3.91. The van der Waals surface area contributed by atoms with Crippen LogP contribution in [0.2, 0.25) is 0 Å². The highest BCUT2D eigenvalue weighted by molar-refractivity contribution is 5.93. The number of methoxy groups -OCH3 is 1. The van der Waals surface area contributed by atoms with Gasteiger partial charge >= 0.3 is 0 Å². The molecule has 2 heterocycles. The Bertz CT molecular complexity index is 886. The van der Waals surface area contributed by atoms with Gasteiger partial charge in [0.2, 0.25) is 5.88 Å². The molecule has 0 aliphatic heterocycles. The summed E-state index contributed by atoms with van der Waals surface area (Å²) in [5.41, 5.74) is 4.71. The Morgan fingerprint density at radius 1 is 1.15 bits per heavy atom. The summed E-state index contributed by atoms with van der Waals surface area (Å²) in [4.78, 5) is 16.4. The van der Waals surface area contributed by atoms with E-state index in [0.29, 0.717) is 24.5 Å². The number of ether oxygens (including phenoxy) is 1. The van der Waals surface area contributed by atoms with Gasteiger partial charge in [-0.05, 0) is 25.5 Å². The highest BCUT2D eigenvalue weighted by atomic mass is 16.5. The Kier molecular flexibility index (Phi) is 5.31. The van der Waals surface area contributed by atoms with E-state index in [4.69, 9.17) is 4.74 Å². The standard InChI is InChI=1S/C20H22N4O2/c1-14-18(12-22-20(25)17-9-10-19(26-3)21-11-17)15(2)24(23-14)13-16-7-5-4-6-8-16/h4-11H,12-13H2,1-3H3,(H,22,25). The van der Waals surface area contributed by atoms with Crippen molar-refractivity contribution in [2.75, 3.05) is 7.11 Å². The molecule has 1 amide bonds. The van der Waals surface area contributed by atoms with E-state index < -0.39 is 0 Å². The molecule has 2 aromatic heterocycles. The van der Waals surface area contributed by atoms with Crippen molar-refractivity contribution in [3.8, 4) is 5.88 Å². The Morgan fingerprint density at radius 3 is 2.58 bits per heavy atom. The fraction of sp³-hybridized carbons (Fsp3) is 0.250. The SMILES string of the molecule is COc1ccc(C(=O)NCc2c(C)nn(Cc3ccccc3)c2C)cn1. The topological polar surface area (TPSA) is 69.0 Å². The average Bonchev–Trinajstić information content (AvgIpc) is 2.93. The molecular weight excluding hydrogens is 328 g/mol. The lowest BCUT2D eigenvalue weighted by Gasteiger charge is -2.08. The van der Waals surface area contributed by atoms with Gasteiger partial charge in [0.1, 0.15) is 0 Å². The first-order valence-electron chi connectivity index (χ1n) is 8.43. The van der Waals surface area contributed by atoms with Crippen molar-refractivity contribution in [1.82, 2.24) is 20.1 Å². The number of aryl methyl sites for hydroxylation is 1. The molecule has 26 heavy (non-hydrogen) atoms. The highest BCUT2D eigenvalue weighted by Crippen LogP contribution is 2.15. The average molecular weight is 350 g/mol. The number of amides is 1. The summed E-state index contributed by atoms with van der Waals surface area (Å²) in [7, 11) is 1.54. The number of carbonyl (C=O) groups excluding carboxylic acids is 1. The van der Waals surface area contributed by atoms with Crippen molar-refractivity contribution in [1.29, 1.82) is 0 Å². The molecule has 0 aliphatic carbocycles. The molecule has 0 spiro atoms. The molecule has 0 atom stereocenters. The second-order valence-corrected chi connectivity index (χ2v) is 6.06. The van der Waals surface area contributed by atoms with Crippen LogP contribution in [0, 0.1) is 13.8 Å². The molecule has 1 aromatic carbocycles. The van der Waals surface area contributed by atoms with Crippen LogP contribution < -0.4 is 10.1 Å². The van der Waals surface area contributed by atoms with Gasteiger partial charge in [-0.15, -0.1) is 0 Å². The molecule has 3 rings (SSSR count). The molecular formula is C20H22N4O2. The number of rotatable bonds is 6.